The fraction of sp³-hybridized carbons (Fsp3) is 0.594. The monoisotopic (exact) mass is 580 g/mol. The zero-order chi connectivity index (χ0) is 28.8. The highest BCUT2D eigenvalue weighted by Gasteiger charge is 2.29. The topological polar surface area (TPSA) is 94.4 Å². The van der Waals surface area contributed by atoms with E-state index < -0.39 is 9.84 Å². The summed E-state index contributed by atoms with van der Waals surface area (Å²) in [6.45, 7) is 5.92. The molecule has 5 rings (SSSR count). The largest absolute Gasteiger partial charge is 0.493 e. The maximum atomic E-state index is 13.1. The number of hydrogen-bond acceptors (Lipinski definition) is 7. The summed E-state index contributed by atoms with van der Waals surface area (Å²) in [6, 6.07) is 9.82. The molecule has 2 aromatic heterocycles. The number of carbonyl (C=O) groups is 1. The molecule has 1 atom stereocenters. The molecule has 8 nitrogen and oxygen atoms in total. The number of hydrogen-bond donors (Lipinski definition) is 0. The van der Waals surface area contributed by atoms with Crippen molar-refractivity contribution < 1.29 is 17.9 Å². The highest BCUT2D eigenvalue weighted by Crippen LogP contribution is 2.34. The first-order valence-electron chi connectivity index (χ1n) is 15.3. The van der Waals surface area contributed by atoms with Crippen molar-refractivity contribution in [3.8, 4) is 11.6 Å². The van der Waals surface area contributed by atoms with E-state index in [0.29, 0.717) is 30.6 Å². The number of Topliss-reactive ketones (excluding diaryl/α,β-unsaturated/α-hetero) is 1. The van der Waals surface area contributed by atoms with Gasteiger partial charge in [0.25, 0.3) is 0 Å². The molecule has 0 radical (unpaired) electrons. The quantitative estimate of drug-likeness (QED) is 0.269. The van der Waals surface area contributed by atoms with Crippen LogP contribution in [0.1, 0.15) is 64.1 Å². The van der Waals surface area contributed by atoms with Gasteiger partial charge in [0.05, 0.1) is 17.9 Å². The van der Waals surface area contributed by atoms with Crippen molar-refractivity contribution in [2.75, 3.05) is 38.2 Å². The molecule has 2 aliphatic rings. The van der Waals surface area contributed by atoms with Gasteiger partial charge in [-0.1, -0.05) is 13.0 Å². The molecule has 2 fully saturated rings. The Bertz CT molecular complexity index is 1430. The predicted octanol–water partition coefficient (Wildman–Crippen LogP) is 5.27. The summed E-state index contributed by atoms with van der Waals surface area (Å²) in [5.41, 5.74) is 0.981. The highest BCUT2D eigenvalue weighted by molar-refractivity contribution is 7.90. The Morgan fingerprint density at radius 1 is 1.07 bits per heavy atom. The molecule has 1 saturated heterocycles. The van der Waals surface area contributed by atoms with Crippen LogP contribution in [0.4, 0.5) is 0 Å². The Morgan fingerprint density at radius 2 is 1.90 bits per heavy atom. The van der Waals surface area contributed by atoms with Gasteiger partial charge in [-0.15, -0.1) is 0 Å². The van der Waals surface area contributed by atoms with E-state index in [9.17, 15) is 13.2 Å². The van der Waals surface area contributed by atoms with Gasteiger partial charge in [0.2, 0.25) is 0 Å². The summed E-state index contributed by atoms with van der Waals surface area (Å²) >= 11 is 0. The Labute approximate surface area is 244 Å². The van der Waals surface area contributed by atoms with E-state index in [1.807, 2.05) is 47.3 Å². The Morgan fingerprint density at radius 3 is 2.68 bits per heavy atom. The van der Waals surface area contributed by atoms with Crippen molar-refractivity contribution in [1.82, 2.24) is 19.4 Å². The first-order valence-corrected chi connectivity index (χ1v) is 17.3. The van der Waals surface area contributed by atoms with Gasteiger partial charge in [-0.3, -0.25) is 4.79 Å². The van der Waals surface area contributed by atoms with E-state index in [-0.39, 0.29) is 11.7 Å². The van der Waals surface area contributed by atoms with E-state index >= 15 is 0 Å². The van der Waals surface area contributed by atoms with E-state index in [0.717, 1.165) is 79.9 Å². The minimum Gasteiger partial charge on any atom is -0.493 e. The summed E-state index contributed by atoms with van der Waals surface area (Å²) in [4.78, 5) is 25.1. The van der Waals surface area contributed by atoms with Crippen molar-refractivity contribution in [2.24, 2.45) is 17.8 Å². The van der Waals surface area contributed by atoms with Crippen molar-refractivity contribution in [1.29, 1.82) is 0 Å². The predicted molar refractivity (Wildman–Crippen MR) is 162 cm³/mol. The molecule has 1 aromatic carbocycles. The lowest BCUT2D eigenvalue weighted by Gasteiger charge is -2.33. The molecule has 0 N–H and O–H groups in total. The van der Waals surface area contributed by atoms with E-state index in [1.165, 1.54) is 25.6 Å². The van der Waals surface area contributed by atoms with Gasteiger partial charge in [-0.05, 0) is 94.1 Å². The van der Waals surface area contributed by atoms with Gasteiger partial charge in [-0.2, -0.15) is 0 Å². The number of sulfone groups is 1. The molecule has 1 saturated carbocycles. The van der Waals surface area contributed by atoms with Crippen LogP contribution in [0.25, 0.3) is 16.7 Å². The van der Waals surface area contributed by atoms with Crippen molar-refractivity contribution in [2.45, 2.75) is 64.7 Å². The smallest absolute Gasteiger partial charge is 0.147 e. The molecule has 0 amide bonds. The molecule has 41 heavy (non-hydrogen) atoms. The molecular formula is C32H44N4O4S. The van der Waals surface area contributed by atoms with Crippen molar-refractivity contribution in [3.05, 3.63) is 48.5 Å². The number of ketones is 1. The van der Waals surface area contributed by atoms with Crippen LogP contribution in [0.2, 0.25) is 0 Å². The molecule has 3 aromatic rings. The summed E-state index contributed by atoms with van der Waals surface area (Å²) < 4.78 is 30.8. The maximum Gasteiger partial charge on any atom is 0.147 e. The molecule has 0 spiro atoms. The number of piperidine rings is 1. The van der Waals surface area contributed by atoms with Crippen molar-refractivity contribution in [3.63, 3.8) is 0 Å². The third-order valence-corrected chi connectivity index (χ3v) is 9.89. The van der Waals surface area contributed by atoms with E-state index in [4.69, 9.17) is 9.72 Å². The van der Waals surface area contributed by atoms with Gasteiger partial charge >= 0.3 is 0 Å². The minimum absolute atomic E-state index is 0.115. The zero-order valence-corrected chi connectivity index (χ0v) is 25.3. The molecule has 0 unspecified atom stereocenters. The minimum atomic E-state index is -3.00. The number of carbonyl (C=O) groups excluding carboxylic acids is 1. The molecule has 3 heterocycles. The number of benzene rings is 1. The number of nitrogens with zero attached hydrogens (tertiary/aromatic N) is 4. The highest BCUT2D eigenvalue weighted by atomic mass is 32.2. The lowest BCUT2D eigenvalue weighted by molar-refractivity contribution is -0.125. The number of rotatable bonds is 12. The van der Waals surface area contributed by atoms with Crippen LogP contribution in [0.5, 0.6) is 5.75 Å². The lowest BCUT2D eigenvalue weighted by Crippen LogP contribution is -2.37. The number of fused-ring (bicyclic) bond motifs is 1. The SMILES string of the molecule is CCN1CCC[C@@H](CC(=O)C2CCC(Cc3nccc(-n4ccc5c(OCCCS(C)(=O)=O)cccc54)n3)CC2)C1. The van der Waals surface area contributed by atoms with Crippen LogP contribution in [0.3, 0.4) is 0 Å². The van der Waals surface area contributed by atoms with Crippen LogP contribution in [0.15, 0.2) is 42.7 Å². The summed E-state index contributed by atoms with van der Waals surface area (Å²) in [6.07, 6.45) is 13.6. The normalized spacial score (nSPS) is 22.1. The van der Waals surface area contributed by atoms with Gasteiger partial charge in [0.15, 0.2) is 0 Å². The molecule has 1 aliphatic heterocycles. The molecule has 1 aliphatic carbocycles. The number of ether oxygens (including phenoxy) is 1. The second-order valence-electron chi connectivity index (χ2n) is 12.0. The Hall–Kier alpha value is -2.78. The first kappa shape index (κ1) is 29.7. The lowest BCUT2D eigenvalue weighted by atomic mass is 9.76. The summed E-state index contributed by atoms with van der Waals surface area (Å²) in [5, 5.41) is 0.964. The third kappa shape index (κ3) is 7.95. The summed E-state index contributed by atoms with van der Waals surface area (Å²) in [5.74, 6) is 4.27. The fourth-order valence-electron chi connectivity index (χ4n) is 6.59. The molecule has 0 bridgehead atoms. The van der Waals surface area contributed by atoms with Crippen LogP contribution in [0, 0.1) is 17.8 Å². The van der Waals surface area contributed by atoms with Gasteiger partial charge < -0.3 is 14.2 Å². The zero-order valence-electron chi connectivity index (χ0n) is 24.5. The third-order valence-electron chi connectivity index (χ3n) is 8.86. The molecule has 9 heteroatoms. The van der Waals surface area contributed by atoms with Crippen LogP contribution < -0.4 is 4.74 Å². The fourth-order valence-corrected chi connectivity index (χ4v) is 7.23. The molecule has 222 valence electrons. The van der Waals surface area contributed by atoms with Crippen LogP contribution >= 0.6 is 0 Å². The van der Waals surface area contributed by atoms with Gasteiger partial charge in [-0.25, -0.2) is 18.4 Å². The Kier molecular flexibility index (Phi) is 9.75. The number of likely N-dealkylation sites (tertiary alicyclic amines) is 1. The standard InChI is InChI=1S/C32H44N4O4S/c1-3-35-17-5-7-25(23-35)21-29(37)26-12-10-24(11-13-26)22-31-33-16-14-32(34-31)36-18-15-27-28(36)8-4-9-30(27)40-19-6-20-41(2,38)39/h4,8-9,14-16,18,24-26H,3,5-7,10-13,17,19-23H2,1-2H3/t24?,25-,26?/m0/s1. The Balaban J connectivity index is 1.16. The van der Waals surface area contributed by atoms with Gasteiger partial charge in [0.1, 0.15) is 33.0 Å². The first-order chi connectivity index (χ1) is 19.8. The second-order valence-corrected chi connectivity index (χ2v) is 14.3. The average Bonchev–Trinajstić information content (AvgIpc) is 3.40. The van der Waals surface area contributed by atoms with E-state index in [1.54, 1.807) is 0 Å². The van der Waals surface area contributed by atoms with Crippen LogP contribution in [-0.4, -0.2) is 71.9 Å². The molecular weight excluding hydrogens is 536 g/mol. The van der Waals surface area contributed by atoms with E-state index in [2.05, 4.69) is 16.8 Å². The van der Waals surface area contributed by atoms with Crippen LogP contribution in [-0.2, 0) is 21.1 Å². The maximum absolute atomic E-state index is 13.1. The summed E-state index contributed by atoms with van der Waals surface area (Å²) in [7, 11) is -3.00. The van der Waals surface area contributed by atoms with Crippen molar-refractivity contribution >= 4 is 26.5 Å². The van der Waals surface area contributed by atoms with Gasteiger partial charge in [0, 0.05) is 49.3 Å². The number of aromatic nitrogens is 3. The second kappa shape index (κ2) is 13.5. The average molecular weight is 581 g/mol.